The molecule has 1 N–H and O–H groups in total. The Labute approximate surface area is 187 Å². The van der Waals surface area contributed by atoms with Crippen molar-refractivity contribution >= 4 is 17.8 Å². The minimum atomic E-state index is -0.905. The van der Waals surface area contributed by atoms with Crippen LogP contribution < -0.4 is 10.1 Å². The van der Waals surface area contributed by atoms with E-state index in [1.807, 2.05) is 30.3 Å². The molecule has 0 aromatic heterocycles. The number of nitrogens with zero attached hydrogens (tertiary/aromatic N) is 1. The Kier molecular flexibility index (Phi) is 8.62. The summed E-state index contributed by atoms with van der Waals surface area (Å²) >= 11 is 0. The maximum Gasteiger partial charge on any atom is 0.308 e. The van der Waals surface area contributed by atoms with Gasteiger partial charge in [-0.05, 0) is 29.8 Å². The first kappa shape index (κ1) is 23.3. The normalized spacial score (nSPS) is 15.7. The van der Waals surface area contributed by atoms with Crippen molar-refractivity contribution in [3.63, 3.8) is 0 Å². The first-order valence-electron chi connectivity index (χ1n) is 10.6. The van der Waals surface area contributed by atoms with E-state index in [1.165, 1.54) is 4.90 Å². The Hall–Kier alpha value is -3.39. The summed E-state index contributed by atoms with van der Waals surface area (Å²) in [4.78, 5) is 39.3. The molecule has 0 bridgehead atoms. The molecule has 0 saturated carbocycles. The maximum absolute atomic E-state index is 13.0. The molecule has 1 fully saturated rings. The molecule has 1 aliphatic heterocycles. The van der Waals surface area contributed by atoms with Crippen LogP contribution in [0.2, 0.25) is 0 Å². The Morgan fingerprint density at radius 3 is 2.50 bits per heavy atom. The van der Waals surface area contributed by atoms with Gasteiger partial charge in [0.25, 0.3) is 5.91 Å². The maximum atomic E-state index is 13.0. The van der Waals surface area contributed by atoms with E-state index in [2.05, 4.69) is 5.32 Å². The fourth-order valence-corrected chi connectivity index (χ4v) is 3.41. The van der Waals surface area contributed by atoms with Crippen molar-refractivity contribution in [2.45, 2.75) is 18.9 Å². The van der Waals surface area contributed by atoms with Gasteiger partial charge in [-0.2, -0.15) is 0 Å². The van der Waals surface area contributed by atoms with E-state index < -0.39 is 12.0 Å². The van der Waals surface area contributed by atoms with Gasteiger partial charge < -0.3 is 24.4 Å². The SMILES string of the molecule is COCCOc1ccc(C(=O)N2CCNC(=O)[C@H]2CC(=O)OCCc2ccccc2)cc1. The second-order valence-electron chi connectivity index (χ2n) is 7.33. The van der Waals surface area contributed by atoms with E-state index >= 15 is 0 Å². The van der Waals surface area contributed by atoms with E-state index in [0.717, 1.165) is 5.56 Å². The van der Waals surface area contributed by atoms with Crippen molar-refractivity contribution in [3.05, 3.63) is 65.7 Å². The summed E-state index contributed by atoms with van der Waals surface area (Å²) in [5.41, 5.74) is 1.48. The van der Waals surface area contributed by atoms with Crippen LogP contribution in [0.25, 0.3) is 0 Å². The third kappa shape index (κ3) is 6.55. The molecule has 1 aliphatic rings. The highest BCUT2D eigenvalue weighted by molar-refractivity contribution is 5.99. The number of ether oxygens (including phenoxy) is 3. The smallest absolute Gasteiger partial charge is 0.308 e. The van der Waals surface area contributed by atoms with Gasteiger partial charge in [-0.1, -0.05) is 30.3 Å². The van der Waals surface area contributed by atoms with Crippen molar-refractivity contribution in [3.8, 4) is 5.75 Å². The summed E-state index contributed by atoms with van der Waals surface area (Å²) < 4.78 is 15.8. The van der Waals surface area contributed by atoms with E-state index in [1.54, 1.807) is 31.4 Å². The Balaban J connectivity index is 1.57. The average molecular weight is 440 g/mol. The summed E-state index contributed by atoms with van der Waals surface area (Å²) in [7, 11) is 1.59. The summed E-state index contributed by atoms with van der Waals surface area (Å²) in [6, 6.07) is 15.4. The van der Waals surface area contributed by atoms with Crippen LogP contribution in [0, 0.1) is 0 Å². The van der Waals surface area contributed by atoms with Crippen molar-refractivity contribution in [2.24, 2.45) is 0 Å². The number of benzene rings is 2. The summed E-state index contributed by atoms with van der Waals surface area (Å²) in [5, 5.41) is 2.72. The molecule has 8 heteroatoms. The standard InChI is InChI=1S/C24H28N2O6/c1-30-15-16-31-20-9-7-19(8-10-20)24(29)26-13-12-25-23(28)21(26)17-22(27)32-14-11-18-5-3-2-4-6-18/h2-10,21H,11-17H2,1H3,(H,25,28)/t21-/m1/s1. The number of amides is 2. The highest BCUT2D eigenvalue weighted by Crippen LogP contribution is 2.18. The van der Waals surface area contributed by atoms with Crippen LogP contribution >= 0.6 is 0 Å². The minimum absolute atomic E-state index is 0.190. The molecular weight excluding hydrogens is 412 g/mol. The molecule has 3 rings (SSSR count). The van der Waals surface area contributed by atoms with Gasteiger partial charge in [-0.3, -0.25) is 14.4 Å². The highest BCUT2D eigenvalue weighted by atomic mass is 16.5. The fraction of sp³-hybridized carbons (Fsp3) is 0.375. The molecule has 0 unspecified atom stereocenters. The molecule has 170 valence electrons. The van der Waals surface area contributed by atoms with Crippen molar-refractivity contribution in [2.75, 3.05) is 40.0 Å². The topological polar surface area (TPSA) is 94.2 Å². The Morgan fingerprint density at radius 2 is 1.78 bits per heavy atom. The third-order valence-electron chi connectivity index (χ3n) is 5.11. The van der Waals surface area contributed by atoms with Gasteiger partial charge >= 0.3 is 5.97 Å². The van der Waals surface area contributed by atoms with Gasteiger partial charge in [0.15, 0.2) is 0 Å². The van der Waals surface area contributed by atoms with Crippen molar-refractivity contribution in [1.29, 1.82) is 0 Å². The van der Waals surface area contributed by atoms with Gasteiger partial charge in [0.05, 0.1) is 19.6 Å². The van der Waals surface area contributed by atoms with Crippen LogP contribution in [0.5, 0.6) is 5.75 Å². The second kappa shape index (κ2) is 11.9. The molecule has 32 heavy (non-hydrogen) atoms. The van der Waals surface area contributed by atoms with Crippen molar-refractivity contribution in [1.82, 2.24) is 10.2 Å². The third-order valence-corrected chi connectivity index (χ3v) is 5.11. The molecule has 2 amide bonds. The number of methoxy groups -OCH3 is 1. The van der Waals surface area contributed by atoms with Crippen LogP contribution in [0.1, 0.15) is 22.3 Å². The monoisotopic (exact) mass is 440 g/mol. The Morgan fingerprint density at radius 1 is 1.03 bits per heavy atom. The summed E-state index contributed by atoms with van der Waals surface area (Å²) in [6.45, 7) is 1.74. The van der Waals surface area contributed by atoms with Crippen LogP contribution in [-0.2, 0) is 25.5 Å². The van der Waals surface area contributed by atoms with E-state index in [-0.39, 0.29) is 24.8 Å². The predicted molar refractivity (Wildman–Crippen MR) is 117 cm³/mol. The lowest BCUT2D eigenvalue weighted by molar-refractivity contribution is -0.147. The fourth-order valence-electron chi connectivity index (χ4n) is 3.41. The van der Waals surface area contributed by atoms with E-state index in [9.17, 15) is 14.4 Å². The number of nitrogens with one attached hydrogen (secondary N) is 1. The number of hydrogen-bond acceptors (Lipinski definition) is 6. The number of piperazine rings is 1. The molecule has 0 radical (unpaired) electrons. The molecule has 2 aromatic rings. The van der Waals surface area contributed by atoms with Crippen LogP contribution in [0.3, 0.4) is 0 Å². The van der Waals surface area contributed by atoms with Crippen LogP contribution in [-0.4, -0.2) is 68.7 Å². The van der Waals surface area contributed by atoms with Gasteiger partial charge in [-0.25, -0.2) is 0 Å². The number of esters is 1. The van der Waals surface area contributed by atoms with Gasteiger partial charge in [-0.15, -0.1) is 0 Å². The zero-order valence-electron chi connectivity index (χ0n) is 18.1. The molecule has 2 aromatic carbocycles. The zero-order valence-corrected chi connectivity index (χ0v) is 18.1. The first-order chi connectivity index (χ1) is 15.6. The molecular formula is C24H28N2O6. The minimum Gasteiger partial charge on any atom is -0.491 e. The average Bonchev–Trinajstić information content (AvgIpc) is 2.81. The predicted octanol–water partition coefficient (Wildman–Crippen LogP) is 1.83. The molecule has 0 aliphatic carbocycles. The van der Waals surface area contributed by atoms with Gasteiger partial charge in [0, 0.05) is 32.2 Å². The summed E-state index contributed by atoms with van der Waals surface area (Å²) in [5.74, 6) is -0.564. The van der Waals surface area contributed by atoms with Gasteiger partial charge in [0.1, 0.15) is 18.4 Å². The largest absolute Gasteiger partial charge is 0.491 e. The number of carbonyl (C=O) groups is 3. The Bertz CT molecular complexity index is 900. The summed E-state index contributed by atoms with van der Waals surface area (Å²) in [6.07, 6.45) is 0.398. The lowest BCUT2D eigenvalue weighted by Gasteiger charge is -2.34. The van der Waals surface area contributed by atoms with Crippen LogP contribution in [0.15, 0.2) is 54.6 Å². The molecule has 1 atom stereocenters. The second-order valence-corrected chi connectivity index (χ2v) is 7.33. The van der Waals surface area contributed by atoms with Gasteiger partial charge in [0.2, 0.25) is 5.91 Å². The molecule has 1 heterocycles. The molecule has 0 spiro atoms. The zero-order chi connectivity index (χ0) is 22.8. The quantitative estimate of drug-likeness (QED) is 0.448. The number of rotatable bonds is 10. The lowest BCUT2D eigenvalue weighted by Crippen LogP contribution is -2.57. The number of carbonyl (C=O) groups excluding carboxylic acids is 3. The molecule has 1 saturated heterocycles. The van der Waals surface area contributed by atoms with E-state index in [0.29, 0.717) is 44.0 Å². The number of hydrogen-bond donors (Lipinski definition) is 1. The lowest BCUT2D eigenvalue weighted by atomic mass is 10.1. The van der Waals surface area contributed by atoms with E-state index in [4.69, 9.17) is 14.2 Å². The molecule has 8 nitrogen and oxygen atoms in total. The highest BCUT2D eigenvalue weighted by Gasteiger charge is 2.35. The van der Waals surface area contributed by atoms with Crippen LogP contribution in [0.4, 0.5) is 0 Å². The van der Waals surface area contributed by atoms with Crippen molar-refractivity contribution < 1.29 is 28.6 Å². The first-order valence-corrected chi connectivity index (χ1v) is 10.6.